The number of hydrogen-bond donors (Lipinski definition) is 2. The number of nitrogens with one attached hydrogen (secondary N) is 1. The van der Waals surface area contributed by atoms with E-state index in [0.29, 0.717) is 6.42 Å². The molecule has 2 N–H and O–H groups in total. The molecule has 1 rings (SSSR count). The molecule has 0 saturated carbocycles. The van der Waals surface area contributed by atoms with Gasteiger partial charge in [0.05, 0.1) is 5.56 Å². The summed E-state index contributed by atoms with van der Waals surface area (Å²) in [7, 11) is 0. The first-order valence-electron chi connectivity index (χ1n) is 6.16. The third-order valence-corrected chi connectivity index (χ3v) is 3.13. The number of amides is 1. The largest absolute Gasteiger partial charge is 0.480 e. The molecule has 1 aromatic carbocycles. The van der Waals surface area contributed by atoms with E-state index < -0.39 is 23.7 Å². The summed E-state index contributed by atoms with van der Waals surface area (Å²) in [6.45, 7) is 3.54. The summed E-state index contributed by atoms with van der Waals surface area (Å²) in [5.41, 5.74) is -0.0469. The lowest BCUT2D eigenvalue weighted by atomic mass is 9.99. The van der Waals surface area contributed by atoms with Crippen molar-refractivity contribution in [1.82, 2.24) is 5.32 Å². The van der Waals surface area contributed by atoms with Crippen LogP contribution in [0.5, 0.6) is 0 Å². The minimum absolute atomic E-state index is 0.0102. The molecule has 5 heteroatoms. The number of rotatable bonds is 5. The molecule has 0 spiro atoms. The SMILES string of the molecule is [C]#Cc1ccc(C(=O)NC(C(=O)O)C(C)CC)cc1F. The summed E-state index contributed by atoms with van der Waals surface area (Å²) in [5, 5.41) is 11.5. The standard InChI is InChI=1S/C15H15FNO3/c1-4-9(3)13(15(19)20)17-14(18)11-7-6-10(5-2)12(16)8-11/h6-9,13H,4H2,1,3H3,(H,17,18)(H,19,20). The Labute approximate surface area is 117 Å². The maximum atomic E-state index is 13.5. The normalized spacial score (nSPS) is 13.1. The van der Waals surface area contributed by atoms with Gasteiger partial charge < -0.3 is 10.4 Å². The minimum Gasteiger partial charge on any atom is -0.480 e. The van der Waals surface area contributed by atoms with Gasteiger partial charge in [-0.2, -0.15) is 0 Å². The molecule has 105 valence electrons. The van der Waals surface area contributed by atoms with Crippen LogP contribution >= 0.6 is 0 Å². The molecule has 1 radical (unpaired) electrons. The fourth-order valence-electron chi connectivity index (χ4n) is 1.67. The van der Waals surface area contributed by atoms with E-state index >= 15 is 0 Å². The van der Waals surface area contributed by atoms with Gasteiger partial charge in [-0.3, -0.25) is 4.79 Å². The summed E-state index contributed by atoms with van der Waals surface area (Å²) in [5.74, 6) is -0.877. The van der Waals surface area contributed by atoms with Crippen molar-refractivity contribution in [3.63, 3.8) is 0 Å². The van der Waals surface area contributed by atoms with Gasteiger partial charge in [0, 0.05) is 5.56 Å². The van der Waals surface area contributed by atoms with Gasteiger partial charge in [-0.25, -0.2) is 9.18 Å². The third-order valence-electron chi connectivity index (χ3n) is 3.13. The van der Waals surface area contributed by atoms with Crippen molar-refractivity contribution < 1.29 is 19.1 Å². The summed E-state index contributed by atoms with van der Waals surface area (Å²) in [4.78, 5) is 23.0. The molecule has 1 amide bonds. The summed E-state index contributed by atoms with van der Waals surface area (Å²) >= 11 is 0. The van der Waals surface area contributed by atoms with Crippen molar-refractivity contribution in [3.05, 3.63) is 41.6 Å². The third kappa shape index (κ3) is 3.58. The van der Waals surface area contributed by atoms with Crippen molar-refractivity contribution in [3.8, 4) is 5.92 Å². The van der Waals surface area contributed by atoms with Crippen LogP contribution in [-0.4, -0.2) is 23.0 Å². The Bertz CT molecular complexity index is 563. The summed E-state index contributed by atoms with van der Waals surface area (Å²) in [6, 6.07) is 2.51. The highest BCUT2D eigenvalue weighted by Gasteiger charge is 2.25. The smallest absolute Gasteiger partial charge is 0.326 e. The predicted molar refractivity (Wildman–Crippen MR) is 71.0 cm³/mol. The van der Waals surface area contributed by atoms with Crippen molar-refractivity contribution in [2.75, 3.05) is 0 Å². The zero-order valence-corrected chi connectivity index (χ0v) is 11.2. The van der Waals surface area contributed by atoms with Crippen LogP contribution in [0, 0.1) is 24.1 Å². The van der Waals surface area contributed by atoms with E-state index in [4.69, 9.17) is 11.5 Å². The minimum atomic E-state index is -1.13. The zero-order valence-electron chi connectivity index (χ0n) is 11.2. The first kappa shape index (κ1) is 15.7. The predicted octanol–water partition coefficient (Wildman–Crippen LogP) is 1.99. The van der Waals surface area contributed by atoms with Crippen LogP contribution in [0.25, 0.3) is 0 Å². The molecule has 4 nitrogen and oxygen atoms in total. The molecule has 20 heavy (non-hydrogen) atoms. The molecule has 1 aromatic rings. The zero-order chi connectivity index (χ0) is 15.3. The van der Waals surface area contributed by atoms with Gasteiger partial charge in [0.2, 0.25) is 0 Å². The average Bonchev–Trinajstić information content (AvgIpc) is 2.43. The quantitative estimate of drug-likeness (QED) is 0.808. The van der Waals surface area contributed by atoms with Gasteiger partial charge in [-0.05, 0) is 36.5 Å². The molecule has 0 aliphatic carbocycles. The molecule has 0 bridgehead atoms. The Balaban J connectivity index is 2.93. The number of carboxylic acids is 1. The average molecular weight is 276 g/mol. The Morgan fingerprint density at radius 2 is 2.15 bits per heavy atom. The highest BCUT2D eigenvalue weighted by atomic mass is 19.1. The van der Waals surface area contributed by atoms with Gasteiger partial charge in [-0.15, -0.1) is 0 Å². The molecule has 0 saturated heterocycles. The van der Waals surface area contributed by atoms with Gasteiger partial charge >= 0.3 is 5.97 Å². The van der Waals surface area contributed by atoms with E-state index in [9.17, 15) is 14.0 Å². The summed E-state index contributed by atoms with van der Waals surface area (Å²) < 4.78 is 13.5. The monoisotopic (exact) mass is 276 g/mol. The molecule has 0 fully saturated rings. The number of carbonyl (C=O) groups excluding carboxylic acids is 1. The Kier molecular flexibility index (Phi) is 5.27. The van der Waals surface area contributed by atoms with Crippen molar-refractivity contribution >= 4 is 11.9 Å². The van der Waals surface area contributed by atoms with Gasteiger partial charge in [-0.1, -0.05) is 20.3 Å². The van der Waals surface area contributed by atoms with Gasteiger partial charge in [0.25, 0.3) is 5.91 Å². The van der Waals surface area contributed by atoms with E-state index in [1.54, 1.807) is 6.92 Å². The van der Waals surface area contributed by atoms with E-state index in [1.165, 1.54) is 12.1 Å². The number of benzene rings is 1. The lowest BCUT2D eigenvalue weighted by Crippen LogP contribution is -2.45. The van der Waals surface area contributed by atoms with Crippen LogP contribution in [0.1, 0.15) is 36.2 Å². The Hall–Kier alpha value is -2.35. The van der Waals surface area contributed by atoms with Crippen LogP contribution < -0.4 is 5.32 Å². The summed E-state index contributed by atoms with van der Waals surface area (Å²) in [6.07, 6.45) is 7.44. The highest BCUT2D eigenvalue weighted by molar-refractivity contribution is 5.96. The fraction of sp³-hybridized carbons (Fsp3) is 0.333. The molecule has 2 atom stereocenters. The second-order valence-corrected chi connectivity index (χ2v) is 4.49. The van der Waals surface area contributed by atoms with Crippen LogP contribution in [0.2, 0.25) is 0 Å². The number of hydrogen-bond acceptors (Lipinski definition) is 2. The number of carbonyl (C=O) groups is 2. The number of halogens is 1. The molecular formula is C15H15FNO3. The van der Waals surface area contributed by atoms with Crippen molar-refractivity contribution in [1.29, 1.82) is 0 Å². The second kappa shape index (κ2) is 6.71. The highest BCUT2D eigenvalue weighted by Crippen LogP contribution is 2.12. The first-order valence-corrected chi connectivity index (χ1v) is 6.16. The second-order valence-electron chi connectivity index (χ2n) is 4.49. The van der Waals surface area contributed by atoms with Crippen molar-refractivity contribution in [2.24, 2.45) is 5.92 Å². The maximum absolute atomic E-state index is 13.5. The Morgan fingerprint density at radius 1 is 1.50 bits per heavy atom. The van der Waals surface area contributed by atoms with Gasteiger partial charge in [0.1, 0.15) is 11.9 Å². The Morgan fingerprint density at radius 3 is 2.60 bits per heavy atom. The van der Waals surface area contributed by atoms with Crippen LogP contribution in [0.4, 0.5) is 4.39 Å². The van der Waals surface area contributed by atoms with Crippen LogP contribution in [-0.2, 0) is 4.79 Å². The van der Waals surface area contributed by atoms with E-state index in [-0.39, 0.29) is 17.0 Å². The van der Waals surface area contributed by atoms with Crippen LogP contribution in [0.3, 0.4) is 0 Å². The maximum Gasteiger partial charge on any atom is 0.326 e. The molecular weight excluding hydrogens is 261 g/mol. The van der Waals surface area contributed by atoms with E-state index in [0.717, 1.165) is 6.07 Å². The molecule has 0 heterocycles. The molecule has 0 aliphatic heterocycles. The fourth-order valence-corrected chi connectivity index (χ4v) is 1.67. The lowest BCUT2D eigenvalue weighted by molar-refractivity contribution is -0.140. The van der Waals surface area contributed by atoms with Crippen molar-refractivity contribution in [2.45, 2.75) is 26.3 Å². The molecule has 0 aliphatic rings. The molecule has 2 unspecified atom stereocenters. The topological polar surface area (TPSA) is 66.4 Å². The number of aliphatic carboxylic acids is 1. The van der Waals surface area contributed by atoms with Gasteiger partial charge in [0.15, 0.2) is 0 Å². The van der Waals surface area contributed by atoms with E-state index in [1.807, 2.05) is 12.8 Å². The first-order chi connectivity index (χ1) is 9.40. The number of carboxylic acid groups (broad SMARTS) is 1. The van der Waals surface area contributed by atoms with Crippen LogP contribution in [0.15, 0.2) is 18.2 Å². The van der Waals surface area contributed by atoms with E-state index in [2.05, 4.69) is 5.32 Å². The molecule has 0 aromatic heterocycles. The lowest BCUT2D eigenvalue weighted by Gasteiger charge is -2.20.